The molecule has 0 aliphatic rings. The first-order valence-electron chi connectivity index (χ1n) is 12.5. The SMILES string of the molecule is Cc1ccc(-n2c(=O)c3ccc(C(=O)NCc4ccccc4Cl)cc3n(CC(=O)NCc3ccco3)c2=O)cc1. The molecule has 0 saturated heterocycles. The quantitative estimate of drug-likeness (QED) is 0.300. The summed E-state index contributed by atoms with van der Waals surface area (Å²) in [7, 11) is 0. The van der Waals surface area contributed by atoms with Crippen LogP contribution in [0.25, 0.3) is 16.6 Å². The zero-order chi connectivity index (χ0) is 28.2. The Morgan fingerprint density at radius 3 is 2.40 bits per heavy atom. The summed E-state index contributed by atoms with van der Waals surface area (Å²) in [5, 5.41) is 6.22. The van der Waals surface area contributed by atoms with Gasteiger partial charge in [0, 0.05) is 17.1 Å². The summed E-state index contributed by atoms with van der Waals surface area (Å²) >= 11 is 6.20. The summed E-state index contributed by atoms with van der Waals surface area (Å²) in [6.45, 7) is 1.83. The van der Waals surface area contributed by atoms with Gasteiger partial charge < -0.3 is 15.1 Å². The molecule has 9 nitrogen and oxygen atoms in total. The highest BCUT2D eigenvalue weighted by atomic mass is 35.5. The van der Waals surface area contributed by atoms with Crippen molar-refractivity contribution in [3.8, 4) is 5.69 Å². The Morgan fingerprint density at radius 2 is 1.68 bits per heavy atom. The second-order valence-electron chi connectivity index (χ2n) is 9.21. The number of furan rings is 1. The Hall–Kier alpha value is -4.89. The third-order valence-corrected chi connectivity index (χ3v) is 6.81. The van der Waals surface area contributed by atoms with E-state index in [1.54, 1.807) is 54.6 Å². The lowest BCUT2D eigenvalue weighted by Crippen LogP contribution is -2.41. The van der Waals surface area contributed by atoms with Crippen LogP contribution in [-0.2, 0) is 24.4 Å². The number of nitrogens with zero attached hydrogens (tertiary/aromatic N) is 2. The molecule has 5 aromatic rings. The second kappa shape index (κ2) is 11.5. The molecule has 0 saturated carbocycles. The largest absolute Gasteiger partial charge is 0.467 e. The molecule has 0 bridgehead atoms. The van der Waals surface area contributed by atoms with Gasteiger partial charge in [0.15, 0.2) is 0 Å². The molecule has 5 rings (SSSR count). The van der Waals surface area contributed by atoms with Crippen LogP contribution in [0, 0.1) is 6.92 Å². The van der Waals surface area contributed by atoms with Crippen molar-refractivity contribution in [1.82, 2.24) is 19.8 Å². The number of aryl methyl sites for hydroxylation is 1. The number of carbonyl (C=O) groups is 2. The molecule has 0 radical (unpaired) electrons. The number of hydrogen-bond acceptors (Lipinski definition) is 5. The van der Waals surface area contributed by atoms with Gasteiger partial charge in [0.25, 0.3) is 11.5 Å². The fourth-order valence-electron chi connectivity index (χ4n) is 4.30. The minimum atomic E-state index is -0.705. The van der Waals surface area contributed by atoms with Crippen LogP contribution < -0.4 is 21.9 Å². The van der Waals surface area contributed by atoms with Crippen molar-refractivity contribution in [2.45, 2.75) is 26.6 Å². The lowest BCUT2D eigenvalue weighted by molar-refractivity contribution is -0.121. The van der Waals surface area contributed by atoms with Crippen molar-refractivity contribution < 1.29 is 14.0 Å². The maximum Gasteiger partial charge on any atom is 0.336 e. The zero-order valence-electron chi connectivity index (χ0n) is 21.5. The van der Waals surface area contributed by atoms with Gasteiger partial charge >= 0.3 is 5.69 Å². The number of hydrogen-bond donors (Lipinski definition) is 2. The molecule has 2 amide bonds. The molecule has 2 aromatic heterocycles. The Balaban J connectivity index is 1.54. The maximum absolute atomic E-state index is 13.7. The third kappa shape index (κ3) is 5.60. The van der Waals surface area contributed by atoms with Gasteiger partial charge in [0.2, 0.25) is 5.91 Å². The highest BCUT2D eigenvalue weighted by Crippen LogP contribution is 2.17. The van der Waals surface area contributed by atoms with Gasteiger partial charge in [-0.15, -0.1) is 0 Å². The van der Waals surface area contributed by atoms with E-state index in [-0.39, 0.29) is 36.1 Å². The second-order valence-corrected chi connectivity index (χ2v) is 9.61. The van der Waals surface area contributed by atoms with Gasteiger partial charge in [-0.25, -0.2) is 9.36 Å². The van der Waals surface area contributed by atoms with E-state index < -0.39 is 23.1 Å². The fraction of sp³-hybridized carbons (Fsp3) is 0.133. The monoisotopic (exact) mass is 556 g/mol. The third-order valence-electron chi connectivity index (χ3n) is 6.44. The van der Waals surface area contributed by atoms with Crippen LogP contribution >= 0.6 is 11.6 Å². The van der Waals surface area contributed by atoms with E-state index in [0.717, 1.165) is 15.7 Å². The number of halogens is 1. The van der Waals surface area contributed by atoms with Gasteiger partial charge in [0.1, 0.15) is 12.3 Å². The predicted molar refractivity (Wildman–Crippen MR) is 152 cm³/mol. The van der Waals surface area contributed by atoms with Gasteiger partial charge in [-0.1, -0.05) is 47.5 Å². The molecule has 202 valence electrons. The minimum absolute atomic E-state index is 0.131. The fourth-order valence-corrected chi connectivity index (χ4v) is 4.50. The smallest absolute Gasteiger partial charge is 0.336 e. The van der Waals surface area contributed by atoms with Crippen LogP contribution in [0.3, 0.4) is 0 Å². The van der Waals surface area contributed by atoms with Crippen molar-refractivity contribution in [2.24, 2.45) is 0 Å². The minimum Gasteiger partial charge on any atom is -0.467 e. The van der Waals surface area contributed by atoms with Crippen LogP contribution in [0.2, 0.25) is 5.02 Å². The van der Waals surface area contributed by atoms with E-state index in [1.165, 1.54) is 29.0 Å². The standard InChI is InChI=1S/C30H25ClN4O5/c1-19-8-11-22(12-9-19)35-29(38)24-13-10-20(28(37)33-16-21-5-2-3-7-25(21)31)15-26(24)34(30(35)39)18-27(36)32-17-23-6-4-14-40-23/h2-15H,16-18H2,1H3,(H,32,36)(H,33,37). The number of nitrogens with one attached hydrogen (secondary N) is 2. The highest BCUT2D eigenvalue weighted by molar-refractivity contribution is 6.31. The Morgan fingerprint density at radius 1 is 0.900 bits per heavy atom. The van der Waals surface area contributed by atoms with Crippen LogP contribution in [0.4, 0.5) is 0 Å². The number of aromatic nitrogens is 2. The lowest BCUT2D eigenvalue weighted by atomic mass is 10.1. The lowest BCUT2D eigenvalue weighted by Gasteiger charge is -2.15. The van der Waals surface area contributed by atoms with Gasteiger partial charge in [0.05, 0.1) is 29.4 Å². The summed E-state index contributed by atoms with van der Waals surface area (Å²) < 4.78 is 7.47. The molecule has 10 heteroatoms. The van der Waals surface area contributed by atoms with Crippen molar-refractivity contribution in [3.63, 3.8) is 0 Å². The van der Waals surface area contributed by atoms with Crippen LogP contribution in [0.15, 0.2) is 99.1 Å². The van der Waals surface area contributed by atoms with E-state index >= 15 is 0 Å². The summed E-state index contributed by atoms with van der Waals surface area (Å²) in [6, 6.07) is 21.9. The number of amides is 2. The average molecular weight is 557 g/mol. The summed E-state index contributed by atoms with van der Waals surface area (Å²) in [5.41, 5.74) is 1.19. The molecule has 0 aliphatic heterocycles. The Kier molecular flexibility index (Phi) is 7.65. The van der Waals surface area contributed by atoms with Gasteiger partial charge in [-0.05, 0) is 61.0 Å². The molecule has 2 N–H and O–H groups in total. The Labute approximate surface area is 233 Å². The number of carbonyl (C=O) groups excluding carboxylic acids is 2. The molecule has 3 aromatic carbocycles. The topological polar surface area (TPSA) is 115 Å². The molecule has 40 heavy (non-hydrogen) atoms. The van der Waals surface area contributed by atoms with E-state index in [9.17, 15) is 19.2 Å². The predicted octanol–water partition coefficient (Wildman–Crippen LogP) is 3.95. The first kappa shape index (κ1) is 26.7. The molecule has 0 spiro atoms. The van der Waals surface area contributed by atoms with Crippen molar-refractivity contribution in [3.05, 3.63) is 133 Å². The van der Waals surface area contributed by atoms with E-state index in [0.29, 0.717) is 16.5 Å². The van der Waals surface area contributed by atoms with Gasteiger partial charge in [-0.3, -0.25) is 19.0 Å². The molecule has 2 heterocycles. The molecule has 0 unspecified atom stereocenters. The molecule has 0 atom stereocenters. The van der Waals surface area contributed by atoms with Crippen LogP contribution in [-0.4, -0.2) is 20.9 Å². The number of rotatable bonds is 8. The zero-order valence-corrected chi connectivity index (χ0v) is 22.3. The van der Waals surface area contributed by atoms with Crippen LogP contribution in [0.1, 0.15) is 27.2 Å². The normalized spacial score (nSPS) is 10.9. The van der Waals surface area contributed by atoms with Crippen molar-refractivity contribution in [1.29, 1.82) is 0 Å². The molecule has 0 fully saturated rings. The summed E-state index contributed by atoms with van der Waals surface area (Å²) in [5.74, 6) is -0.346. The summed E-state index contributed by atoms with van der Waals surface area (Å²) in [4.78, 5) is 53.1. The number of benzene rings is 3. The first-order valence-corrected chi connectivity index (χ1v) is 12.9. The maximum atomic E-state index is 13.7. The van der Waals surface area contributed by atoms with Crippen molar-refractivity contribution in [2.75, 3.05) is 0 Å². The summed E-state index contributed by atoms with van der Waals surface area (Å²) in [6.07, 6.45) is 1.50. The molecule has 0 aliphatic carbocycles. The average Bonchev–Trinajstić information content (AvgIpc) is 3.48. The Bertz CT molecular complexity index is 1820. The first-order chi connectivity index (χ1) is 19.3. The molecular weight excluding hydrogens is 532 g/mol. The highest BCUT2D eigenvalue weighted by Gasteiger charge is 2.19. The van der Waals surface area contributed by atoms with E-state index in [4.69, 9.17) is 16.0 Å². The van der Waals surface area contributed by atoms with E-state index in [1.807, 2.05) is 13.0 Å². The molecular formula is C30H25ClN4O5. The van der Waals surface area contributed by atoms with Gasteiger partial charge in [-0.2, -0.15) is 0 Å². The van der Waals surface area contributed by atoms with E-state index in [2.05, 4.69) is 10.6 Å². The number of fused-ring (bicyclic) bond motifs is 1. The van der Waals surface area contributed by atoms with Crippen molar-refractivity contribution >= 4 is 34.3 Å². The van der Waals surface area contributed by atoms with Crippen LogP contribution in [0.5, 0.6) is 0 Å².